The van der Waals surface area contributed by atoms with Crippen molar-refractivity contribution in [2.75, 3.05) is 0 Å². The van der Waals surface area contributed by atoms with E-state index in [1.54, 1.807) is 24.3 Å². The maximum Gasteiger partial charge on any atom is 0.336 e. The first-order valence-corrected chi connectivity index (χ1v) is 7.34. The highest BCUT2D eigenvalue weighted by molar-refractivity contribution is 5.88. The van der Waals surface area contributed by atoms with E-state index >= 15 is 0 Å². The normalized spacial score (nSPS) is 12.0. The molecule has 1 unspecified atom stereocenters. The predicted molar refractivity (Wildman–Crippen MR) is 90.2 cm³/mol. The molecule has 0 fully saturated rings. The molecule has 0 radical (unpaired) electrons. The van der Waals surface area contributed by atoms with Gasteiger partial charge in [0.05, 0.1) is 0 Å². The summed E-state index contributed by atoms with van der Waals surface area (Å²) in [4.78, 5) is 22.5. The summed E-state index contributed by atoms with van der Waals surface area (Å²) in [6, 6.07) is 9.50. The summed E-state index contributed by atoms with van der Waals surface area (Å²) < 4.78 is 5.11. The highest BCUT2D eigenvalue weighted by Gasteiger charge is 2.12. The Morgan fingerprint density at radius 2 is 1.76 bits per heavy atom. The monoisotopic (exact) mass is 343 g/mol. The third-order valence-corrected chi connectivity index (χ3v) is 3.33. The second kappa shape index (κ2) is 7.98. The molecule has 7 heteroatoms. The third-order valence-electron chi connectivity index (χ3n) is 3.33. The van der Waals surface area contributed by atoms with Crippen molar-refractivity contribution in [3.05, 3.63) is 59.7 Å². The van der Waals surface area contributed by atoms with Crippen molar-refractivity contribution >= 4 is 18.0 Å². The van der Waals surface area contributed by atoms with Gasteiger partial charge in [0.2, 0.25) is 0 Å². The Hall–Kier alpha value is -3.32. The van der Waals surface area contributed by atoms with E-state index in [0.717, 1.165) is 0 Å². The third kappa shape index (κ3) is 5.36. The number of carbonyl (C=O) groups excluding carboxylic acids is 1. The number of ether oxygens (including phenoxy) is 1. The van der Waals surface area contributed by atoms with Gasteiger partial charge in [-0.1, -0.05) is 18.2 Å². The Bertz CT molecular complexity index is 798. The second-order valence-corrected chi connectivity index (χ2v) is 5.30. The van der Waals surface area contributed by atoms with Crippen molar-refractivity contribution in [3.8, 4) is 17.2 Å². The molecule has 0 heterocycles. The number of carboxylic acid groups (broad SMARTS) is 1. The molecular weight excluding hydrogens is 326 g/mol. The number of hydrogen-bond acceptors (Lipinski definition) is 6. The summed E-state index contributed by atoms with van der Waals surface area (Å²) in [6.07, 6.45) is 2.79. The predicted octanol–water partition coefficient (Wildman–Crippen LogP) is 1.67. The molecule has 5 N–H and O–H groups in total. The fourth-order valence-electron chi connectivity index (χ4n) is 1.99. The lowest BCUT2D eigenvalue weighted by atomic mass is 10.1. The molecule has 0 spiro atoms. The summed E-state index contributed by atoms with van der Waals surface area (Å²) in [7, 11) is 0. The number of nitrogens with two attached hydrogens (primary N) is 1. The minimum absolute atomic E-state index is 0.174. The van der Waals surface area contributed by atoms with Gasteiger partial charge in [0, 0.05) is 6.08 Å². The van der Waals surface area contributed by atoms with E-state index in [1.807, 2.05) is 0 Å². The van der Waals surface area contributed by atoms with Crippen LogP contribution in [-0.4, -0.2) is 33.3 Å². The van der Waals surface area contributed by atoms with E-state index in [0.29, 0.717) is 16.9 Å². The van der Waals surface area contributed by atoms with Crippen LogP contribution in [0, 0.1) is 0 Å². The molecule has 25 heavy (non-hydrogen) atoms. The van der Waals surface area contributed by atoms with Gasteiger partial charge in [-0.25, -0.2) is 4.79 Å². The summed E-state index contributed by atoms with van der Waals surface area (Å²) >= 11 is 0. The van der Waals surface area contributed by atoms with Crippen LogP contribution in [-0.2, 0) is 16.0 Å². The van der Waals surface area contributed by atoms with Gasteiger partial charge in [-0.15, -0.1) is 0 Å². The number of phenols is 2. The van der Waals surface area contributed by atoms with Crippen molar-refractivity contribution in [2.24, 2.45) is 5.73 Å². The number of hydrogen-bond donors (Lipinski definition) is 4. The van der Waals surface area contributed by atoms with E-state index in [1.165, 1.54) is 30.4 Å². The summed E-state index contributed by atoms with van der Waals surface area (Å²) in [5, 5.41) is 27.4. The lowest BCUT2D eigenvalue weighted by Crippen LogP contribution is -2.32. The molecule has 0 amide bonds. The van der Waals surface area contributed by atoms with Crippen molar-refractivity contribution in [1.82, 2.24) is 0 Å². The zero-order valence-electron chi connectivity index (χ0n) is 13.1. The Balaban J connectivity index is 1.94. The molecule has 2 aromatic carbocycles. The van der Waals surface area contributed by atoms with Gasteiger partial charge in [0.1, 0.15) is 11.8 Å². The molecule has 0 aliphatic heterocycles. The molecule has 0 aliphatic carbocycles. The maximum absolute atomic E-state index is 11.8. The number of aliphatic carboxylic acids is 1. The van der Waals surface area contributed by atoms with Crippen LogP contribution in [0.4, 0.5) is 0 Å². The van der Waals surface area contributed by atoms with Crippen LogP contribution in [0.15, 0.2) is 48.5 Å². The second-order valence-electron chi connectivity index (χ2n) is 5.30. The van der Waals surface area contributed by atoms with Gasteiger partial charge in [-0.05, 0) is 47.9 Å². The molecule has 0 aliphatic rings. The number of phenolic OH excluding ortho intramolecular Hbond substituents is 2. The molecule has 0 saturated carbocycles. The molecule has 2 rings (SSSR count). The molecule has 130 valence electrons. The van der Waals surface area contributed by atoms with Crippen LogP contribution in [0.2, 0.25) is 0 Å². The first-order valence-electron chi connectivity index (χ1n) is 7.34. The Kier molecular flexibility index (Phi) is 5.75. The minimum Gasteiger partial charge on any atom is -0.504 e. The first-order chi connectivity index (χ1) is 11.8. The summed E-state index contributed by atoms with van der Waals surface area (Å²) in [6.45, 7) is 0. The van der Waals surface area contributed by atoms with Gasteiger partial charge >= 0.3 is 11.9 Å². The zero-order valence-corrected chi connectivity index (χ0v) is 13.1. The highest BCUT2D eigenvalue weighted by atomic mass is 16.5. The topological polar surface area (TPSA) is 130 Å². The van der Waals surface area contributed by atoms with Crippen molar-refractivity contribution < 1.29 is 29.6 Å². The number of esters is 1. The average molecular weight is 343 g/mol. The fourth-order valence-corrected chi connectivity index (χ4v) is 1.99. The molecule has 0 bridgehead atoms. The highest BCUT2D eigenvalue weighted by Crippen LogP contribution is 2.25. The van der Waals surface area contributed by atoms with Gasteiger partial charge < -0.3 is 25.8 Å². The van der Waals surface area contributed by atoms with E-state index < -0.39 is 18.0 Å². The molecule has 7 nitrogen and oxygen atoms in total. The average Bonchev–Trinajstić information content (AvgIpc) is 2.57. The molecule has 0 saturated heterocycles. The van der Waals surface area contributed by atoms with Crippen LogP contribution < -0.4 is 10.5 Å². The first kappa shape index (κ1) is 18.0. The Morgan fingerprint density at radius 1 is 1.08 bits per heavy atom. The van der Waals surface area contributed by atoms with Gasteiger partial charge in [0.25, 0.3) is 0 Å². The standard InChI is InChI=1S/C18H17NO6/c19-14(18(23)24)9-11-1-5-13(6-2-11)25-17(22)8-4-12-3-7-15(20)16(21)10-12/h1-8,10,14,20-21H,9,19H2,(H,23,24)/b8-4+. The number of carboxylic acids is 1. The van der Waals surface area contributed by atoms with E-state index in [-0.39, 0.29) is 17.9 Å². The van der Waals surface area contributed by atoms with E-state index in [2.05, 4.69) is 0 Å². The van der Waals surface area contributed by atoms with Gasteiger partial charge in [-0.2, -0.15) is 0 Å². The van der Waals surface area contributed by atoms with E-state index in [9.17, 15) is 19.8 Å². The van der Waals surface area contributed by atoms with E-state index in [4.69, 9.17) is 15.6 Å². The maximum atomic E-state index is 11.8. The van der Waals surface area contributed by atoms with Gasteiger partial charge in [-0.3, -0.25) is 4.79 Å². The van der Waals surface area contributed by atoms with Crippen molar-refractivity contribution in [2.45, 2.75) is 12.5 Å². The number of carbonyl (C=O) groups is 2. The zero-order chi connectivity index (χ0) is 18.4. The van der Waals surface area contributed by atoms with Gasteiger partial charge in [0.15, 0.2) is 11.5 Å². The Morgan fingerprint density at radius 3 is 2.36 bits per heavy atom. The number of rotatable bonds is 6. The smallest absolute Gasteiger partial charge is 0.336 e. The van der Waals surface area contributed by atoms with Crippen molar-refractivity contribution in [1.29, 1.82) is 0 Å². The van der Waals surface area contributed by atoms with Crippen molar-refractivity contribution in [3.63, 3.8) is 0 Å². The van der Waals surface area contributed by atoms with Crippen LogP contribution in [0.3, 0.4) is 0 Å². The van der Waals surface area contributed by atoms with Crippen LogP contribution in [0.5, 0.6) is 17.2 Å². The lowest BCUT2D eigenvalue weighted by Gasteiger charge is -2.07. The molecule has 0 aromatic heterocycles. The lowest BCUT2D eigenvalue weighted by molar-refractivity contribution is -0.138. The number of benzene rings is 2. The minimum atomic E-state index is -1.08. The number of aromatic hydroxyl groups is 2. The fraction of sp³-hybridized carbons (Fsp3) is 0.111. The Labute approximate surface area is 143 Å². The molecular formula is C18H17NO6. The van der Waals surface area contributed by atoms with Crippen LogP contribution >= 0.6 is 0 Å². The summed E-state index contributed by atoms with van der Waals surface area (Å²) in [5.41, 5.74) is 6.69. The molecule has 1 atom stereocenters. The SMILES string of the molecule is NC(Cc1ccc(OC(=O)/C=C/c2ccc(O)c(O)c2)cc1)C(=O)O. The molecule has 2 aromatic rings. The van der Waals surface area contributed by atoms with Crippen LogP contribution in [0.25, 0.3) is 6.08 Å². The summed E-state index contributed by atoms with van der Waals surface area (Å²) in [5.74, 6) is -1.94. The van der Waals surface area contributed by atoms with Crippen LogP contribution in [0.1, 0.15) is 11.1 Å². The largest absolute Gasteiger partial charge is 0.504 e. The quantitative estimate of drug-likeness (QED) is 0.272.